The number of carbonyl (C=O) groups is 1. The zero-order valence-corrected chi connectivity index (χ0v) is 15.4. The van der Waals surface area contributed by atoms with Crippen LogP contribution in [0.25, 0.3) is 0 Å². The summed E-state index contributed by atoms with van der Waals surface area (Å²) in [5.74, 6) is -0.202. The molecule has 2 rings (SSSR count). The van der Waals surface area contributed by atoms with E-state index in [0.29, 0.717) is 20.6 Å². The first-order valence-electron chi connectivity index (χ1n) is 6.09. The second-order valence-corrected chi connectivity index (χ2v) is 6.90. The van der Waals surface area contributed by atoms with Crippen molar-refractivity contribution in [3.63, 3.8) is 0 Å². The Bertz CT molecular complexity index is 691. The van der Waals surface area contributed by atoms with Gasteiger partial charge in [0.15, 0.2) is 0 Å². The summed E-state index contributed by atoms with van der Waals surface area (Å²) in [5.41, 5.74) is 1.32. The van der Waals surface area contributed by atoms with Crippen molar-refractivity contribution in [2.75, 3.05) is 0 Å². The van der Waals surface area contributed by atoms with Gasteiger partial charge in [-0.3, -0.25) is 4.79 Å². The van der Waals surface area contributed by atoms with Crippen LogP contribution in [0.5, 0.6) is 0 Å². The van der Waals surface area contributed by atoms with Crippen molar-refractivity contribution in [2.45, 2.75) is 13.0 Å². The third-order valence-electron chi connectivity index (χ3n) is 2.96. The summed E-state index contributed by atoms with van der Waals surface area (Å²) in [4.78, 5) is 12.2. The van der Waals surface area contributed by atoms with Crippen molar-refractivity contribution in [2.24, 2.45) is 0 Å². The molecule has 0 heterocycles. The van der Waals surface area contributed by atoms with Crippen molar-refractivity contribution in [3.05, 3.63) is 66.2 Å². The number of rotatable bonds is 3. The van der Waals surface area contributed by atoms with E-state index in [-0.39, 0.29) is 11.9 Å². The van der Waals surface area contributed by atoms with Crippen LogP contribution in [0, 0.1) is 3.57 Å². The van der Waals surface area contributed by atoms with Crippen LogP contribution in [0.15, 0.2) is 36.4 Å². The summed E-state index contributed by atoms with van der Waals surface area (Å²) in [7, 11) is 0. The fraction of sp³-hybridized carbons (Fsp3) is 0.133. The lowest BCUT2D eigenvalue weighted by Crippen LogP contribution is -2.26. The van der Waals surface area contributed by atoms with Crippen LogP contribution >= 0.6 is 57.4 Å². The second kappa shape index (κ2) is 7.18. The number of amides is 1. The number of benzene rings is 2. The lowest BCUT2D eigenvalue weighted by Gasteiger charge is -2.16. The molecule has 1 unspecified atom stereocenters. The van der Waals surface area contributed by atoms with Crippen LogP contribution in [0.2, 0.25) is 15.1 Å². The fourth-order valence-corrected chi connectivity index (χ4v) is 2.94. The minimum atomic E-state index is -0.236. The molecule has 0 saturated carbocycles. The van der Waals surface area contributed by atoms with E-state index in [4.69, 9.17) is 34.8 Å². The van der Waals surface area contributed by atoms with E-state index < -0.39 is 0 Å². The molecule has 0 radical (unpaired) electrons. The minimum Gasteiger partial charge on any atom is -0.345 e. The molecule has 2 aromatic carbocycles. The van der Waals surface area contributed by atoms with Gasteiger partial charge >= 0.3 is 0 Å². The first kappa shape index (κ1) is 16.9. The molecule has 0 saturated heterocycles. The summed E-state index contributed by atoms with van der Waals surface area (Å²) >= 11 is 20.2. The maximum Gasteiger partial charge on any atom is 0.251 e. The molecule has 110 valence electrons. The first-order chi connectivity index (χ1) is 9.88. The van der Waals surface area contributed by atoms with Gasteiger partial charge in [0.2, 0.25) is 0 Å². The first-order valence-corrected chi connectivity index (χ1v) is 8.30. The normalized spacial score (nSPS) is 12.0. The summed E-state index contributed by atoms with van der Waals surface area (Å²) < 4.78 is 0.902. The molecule has 0 bridgehead atoms. The Labute approximate surface area is 151 Å². The SMILES string of the molecule is CC(NC(=O)c1ccc(I)c(Cl)c1)c1ccc(Cl)cc1Cl. The largest absolute Gasteiger partial charge is 0.345 e. The maximum absolute atomic E-state index is 12.2. The highest BCUT2D eigenvalue weighted by molar-refractivity contribution is 14.1. The molecule has 0 aliphatic carbocycles. The number of carbonyl (C=O) groups excluding carboxylic acids is 1. The minimum absolute atomic E-state index is 0.202. The molecule has 6 heteroatoms. The van der Waals surface area contributed by atoms with Gasteiger partial charge in [0.1, 0.15) is 0 Å². The standard InChI is InChI=1S/C15H11Cl3INO/c1-8(11-4-3-10(16)7-12(11)17)20-15(21)9-2-5-14(19)13(18)6-9/h2-8H,1H3,(H,20,21). The van der Waals surface area contributed by atoms with E-state index in [1.807, 2.05) is 6.92 Å². The summed E-state index contributed by atoms with van der Waals surface area (Å²) in [6, 6.07) is 10.2. The molecule has 2 aromatic rings. The van der Waals surface area contributed by atoms with Crippen LogP contribution < -0.4 is 5.32 Å². The van der Waals surface area contributed by atoms with Gasteiger partial charge in [0.05, 0.1) is 11.1 Å². The van der Waals surface area contributed by atoms with Crippen LogP contribution in [-0.2, 0) is 0 Å². The van der Waals surface area contributed by atoms with Gasteiger partial charge in [0, 0.05) is 19.2 Å². The molecule has 0 aromatic heterocycles. The Balaban J connectivity index is 2.16. The van der Waals surface area contributed by atoms with Gasteiger partial charge in [-0.25, -0.2) is 0 Å². The number of hydrogen-bond donors (Lipinski definition) is 1. The molecule has 1 atom stereocenters. The van der Waals surface area contributed by atoms with Crippen LogP contribution in [-0.4, -0.2) is 5.91 Å². The third-order valence-corrected chi connectivity index (χ3v) is 5.09. The maximum atomic E-state index is 12.2. The number of nitrogens with one attached hydrogen (secondary N) is 1. The summed E-state index contributed by atoms with van der Waals surface area (Å²) in [6.45, 7) is 1.86. The highest BCUT2D eigenvalue weighted by Crippen LogP contribution is 2.26. The molecule has 2 nitrogen and oxygen atoms in total. The fourth-order valence-electron chi connectivity index (χ4n) is 1.85. The van der Waals surface area contributed by atoms with E-state index in [0.717, 1.165) is 9.13 Å². The average molecular weight is 455 g/mol. The average Bonchev–Trinajstić information content (AvgIpc) is 2.41. The van der Waals surface area contributed by atoms with Crippen molar-refractivity contribution in [1.82, 2.24) is 5.32 Å². The van der Waals surface area contributed by atoms with Crippen molar-refractivity contribution in [3.8, 4) is 0 Å². The summed E-state index contributed by atoms with van der Waals surface area (Å²) in [5, 5.41) is 4.53. The Hall–Kier alpha value is -0.490. The molecule has 0 spiro atoms. The van der Waals surface area contributed by atoms with Gasteiger partial charge < -0.3 is 5.32 Å². The zero-order chi connectivity index (χ0) is 15.6. The smallest absolute Gasteiger partial charge is 0.251 e. The number of halogens is 4. The van der Waals surface area contributed by atoms with Gasteiger partial charge in [-0.1, -0.05) is 40.9 Å². The quantitative estimate of drug-likeness (QED) is 0.589. The van der Waals surface area contributed by atoms with Crippen LogP contribution in [0.1, 0.15) is 28.9 Å². The molecule has 1 N–H and O–H groups in total. The Kier molecular flexibility index (Phi) is 5.77. The van der Waals surface area contributed by atoms with Crippen molar-refractivity contribution in [1.29, 1.82) is 0 Å². The highest BCUT2D eigenvalue weighted by atomic mass is 127. The van der Waals surface area contributed by atoms with Crippen molar-refractivity contribution >= 4 is 63.3 Å². The lowest BCUT2D eigenvalue weighted by molar-refractivity contribution is 0.0940. The highest BCUT2D eigenvalue weighted by Gasteiger charge is 2.15. The number of hydrogen-bond acceptors (Lipinski definition) is 1. The Morgan fingerprint density at radius 3 is 2.43 bits per heavy atom. The van der Waals surface area contributed by atoms with Gasteiger partial charge in [-0.05, 0) is 65.4 Å². The van der Waals surface area contributed by atoms with Gasteiger partial charge in [0.25, 0.3) is 5.91 Å². The van der Waals surface area contributed by atoms with E-state index in [9.17, 15) is 4.79 Å². The lowest BCUT2D eigenvalue weighted by atomic mass is 10.1. The van der Waals surface area contributed by atoms with Gasteiger partial charge in [-0.2, -0.15) is 0 Å². The molecule has 1 amide bonds. The molecular weight excluding hydrogens is 443 g/mol. The second-order valence-electron chi connectivity index (χ2n) is 4.49. The van der Waals surface area contributed by atoms with E-state index in [2.05, 4.69) is 27.9 Å². The molecule has 0 aliphatic heterocycles. The topological polar surface area (TPSA) is 29.1 Å². The van der Waals surface area contributed by atoms with Gasteiger partial charge in [-0.15, -0.1) is 0 Å². The molecular formula is C15H11Cl3INO. The molecule has 0 aliphatic rings. The van der Waals surface area contributed by atoms with Crippen LogP contribution in [0.3, 0.4) is 0 Å². The summed E-state index contributed by atoms with van der Waals surface area (Å²) in [6.07, 6.45) is 0. The van der Waals surface area contributed by atoms with E-state index in [1.54, 1.807) is 36.4 Å². The predicted molar refractivity (Wildman–Crippen MR) is 96.5 cm³/mol. The van der Waals surface area contributed by atoms with Crippen molar-refractivity contribution < 1.29 is 4.79 Å². The third kappa shape index (κ3) is 4.25. The Morgan fingerprint density at radius 2 is 1.81 bits per heavy atom. The zero-order valence-electron chi connectivity index (χ0n) is 11.0. The predicted octanol–water partition coefficient (Wildman–Crippen LogP) is 5.74. The monoisotopic (exact) mass is 453 g/mol. The molecule has 21 heavy (non-hydrogen) atoms. The van der Waals surface area contributed by atoms with E-state index in [1.165, 1.54) is 0 Å². The van der Waals surface area contributed by atoms with Crippen LogP contribution in [0.4, 0.5) is 0 Å². The Morgan fingerprint density at radius 1 is 1.10 bits per heavy atom. The molecule has 0 fully saturated rings. The van der Waals surface area contributed by atoms with E-state index >= 15 is 0 Å².